The zero-order valence-electron chi connectivity index (χ0n) is 15.1. The van der Waals surface area contributed by atoms with Crippen molar-refractivity contribution in [2.45, 2.75) is 13.3 Å². The summed E-state index contributed by atoms with van der Waals surface area (Å²) in [4.78, 5) is 24.6. The van der Waals surface area contributed by atoms with E-state index in [1.807, 2.05) is 48.5 Å². The summed E-state index contributed by atoms with van der Waals surface area (Å²) in [6.07, 6.45) is 2.29. The van der Waals surface area contributed by atoms with E-state index in [-0.39, 0.29) is 11.5 Å². The molecule has 0 aliphatic heterocycles. The molecule has 2 aromatic heterocycles. The number of rotatable bonds is 4. The van der Waals surface area contributed by atoms with Crippen LogP contribution in [0, 0.1) is 0 Å². The second-order valence-electron chi connectivity index (χ2n) is 6.41. The third-order valence-corrected chi connectivity index (χ3v) is 4.72. The van der Waals surface area contributed by atoms with Crippen LogP contribution in [0.1, 0.15) is 23.0 Å². The van der Waals surface area contributed by atoms with E-state index in [9.17, 15) is 9.59 Å². The molecule has 0 fully saturated rings. The largest absolute Gasteiger partial charge is 0.497 e. The highest BCUT2D eigenvalue weighted by Gasteiger charge is 2.19. The minimum atomic E-state index is -0.204. The summed E-state index contributed by atoms with van der Waals surface area (Å²) in [5, 5.41) is 6.54. The molecule has 0 aliphatic rings. The van der Waals surface area contributed by atoms with E-state index in [4.69, 9.17) is 4.74 Å². The van der Waals surface area contributed by atoms with E-state index in [0.717, 1.165) is 33.5 Å². The molecule has 4 aromatic rings. The maximum atomic E-state index is 12.6. The number of nitrogens with zero attached hydrogens (tertiary/aromatic N) is 1. The number of aromatic amines is 2. The number of nitrogens with one attached hydrogen (secondary N) is 2. The average molecular weight is 361 g/mol. The highest BCUT2D eigenvalue weighted by atomic mass is 16.5. The van der Waals surface area contributed by atoms with Crippen LogP contribution in [0.25, 0.3) is 22.0 Å². The lowest BCUT2D eigenvalue weighted by molar-refractivity contribution is 0.0941. The molecule has 0 bridgehead atoms. The van der Waals surface area contributed by atoms with Crippen LogP contribution in [0.3, 0.4) is 0 Å². The molecule has 0 radical (unpaired) electrons. The fourth-order valence-electron chi connectivity index (χ4n) is 3.40. The lowest BCUT2D eigenvalue weighted by Gasteiger charge is -2.04. The Morgan fingerprint density at radius 1 is 1.07 bits per heavy atom. The second kappa shape index (κ2) is 6.64. The van der Waals surface area contributed by atoms with E-state index >= 15 is 0 Å². The quantitative estimate of drug-likeness (QED) is 0.583. The Labute approximate surface area is 155 Å². The topological polar surface area (TPSA) is 79.9 Å². The van der Waals surface area contributed by atoms with Crippen molar-refractivity contribution in [2.75, 3.05) is 7.11 Å². The summed E-state index contributed by atoms with van der Waals surface area (Å²) >= 11 is 0. The molecule has 2 heterocycles. The molecule has 0 spiro atoms. The monoisotopic (exact) mass is 361 g/mol. The molecule has 0 atom stereocenters. The molecular weight excluding hydrogens is 342 g/mol. The van der Waals surface area contributed by atoms with Gasteiger partial charge in [-0.2, -0.15) is 0 Å². The molecule has 0 saturated heterocycles. The van der Waals surface area contributed by atoms with Gasteiger partial charge in [-0.3, -0.25) is 19.3 Å². The molecular formula is C21H19N3O3. The third-order valence-electron chi connectivity index (χ3n) is 4.72. The minimum absolute atomic E-state index is 0.0962. The van der Waals surface area contributed by atoms with Gasteiger partial charge in [0.15, 0.2) is 0 Å². The first-order valence-corrected chi connectivity index (χ1v) is 8.62. The van der Waals surface area contributed by atoms with Crippen LogP contribution in [0.4, 0.5) is 0 Å². The Hall–Kier alpha value is -3.54. The summed E-state index contributed by atoms with van der Waals surface area (Å²) < 4.78 is 6.77. The van der Waals surface area contributed by atoms with Gasteiger partial charge in [0.2, 0.25) is 5.91 Å². The number of carbonyl (C=O) groups is 1. The zero-order valence-corrected chi connectivity index (χ0v) is 15.1. The van der Waals surface area contributed by atoms with Crippen molar-refractivity contribution in [3.05, 3.63) is 76.3 Å². The van der Waals surface area contributed by atoms with Gasteiger partial charge in [0.25, 0.3) is 5.56 Å². The summed E-state index contributed by atoms with van der Waals surface area (Å²) in [7, 11) is 1.63. The lowest BCUT2D eigenvalue weighted by atomic mass is 10.0. The minimum Gasteiger partial charge on any atom is -0.497 e. The number of hydrogen-bond acceptors (Lipinski definition) is 3. The number of aromatic nitrogens is 3. The molecule has 2 N–H and O–H groups in total. The number of para-hydroxylation sites is 1. The van der Waals surface area contributed by atoms with E-state index in [1.165, 1.54) is 6.92 Å². The van der Waals surface area contributed by atoms with Crippen molar-refractivity contribution in [2.24, 2.45) is 0 Å². The molecule has 0 aliphatic carbocycles. The van der Waals surface area contributed by atoms with Gasteiger partial charge in [0, 0.05) is 36.2 Å². The van der Waals surface area contributed by atoms with Gasteiger partial charge >= 0.3 is 0 Å². The Bertz CT molecular complexity index is 1180. The summed E-state index contributed by atoms with van der Waals surface area (Å²) in [5.41, 5.74) is 3.70. The maximum Gasteiger partial charge on any atom is 0.272 e. The SMILES string of the molecule is COc1ccc(Cc2[nH][nH]c(=O)c2-c2cn(C(C)=O)c3ccccc23)cc1. The molecule has 4 rings (SSSR count). The smallest absolute Gasteiger partial charge is 0.272 e. The Balaban J connectivity index is 1.84. The number of fused-ring (bicyclic) bond motifs is 1. The number of H-pyrrole nitrogens is 2. The van der Waals surface area contributed by atoms with Crippen molar-refractivity contribution in [3.63, 3.8) is 0 Å². The van der Waals surface area contributed by atoms with Crippen molar-refractivity contribution in [3.8, 4) is 16.9 Å². The van der Waals surface area contributed by atoms with Gasteiger partial charge in [0.05, 0.1) is 18.2 Å². The van der Waals surface area contributed by atoms with Crippen LogP contribution in [0.15, 0.2) is 59.5 Å². The third kappa shape index (κ3) is 2.95. The van der Waals surface area contributed by atoms with Crippen LogP contribution in [0.2, 0.25) is 0 Å². The Kier molecular flexibility index (Phi) is 4.16. The zero-order chi connectivity index (χ0) is 19.0. The number of hydrogen-bond donors (Lipinski definition) is 2. The van der Waals surface area contributed by atoms with Crippen LogP contribution in [-0.2, 0) is 6.42 Å². The van der Waals surface area contributed by atoms with E-state index in [0.29, 0.717) is 12.0 Å². The molecule has 0 unspecified atom stereocenters. The van der Waals surface area contributed by atoms with Crippen molar-refractivity contribution in [1.82, 2.24) is 14.8 Å². The fraction of sp³-hybridized carbons (Fsp3) is 0.143. The van der Waals surface area contributed by atoms with Gasteiger partial charge < -0.3 is 9.84 Å². The normalized spacial score (nSPS) is 11.0. The molecule has 27 heavy (non-hydrogen) atoms. The fourth-order valence-corrected chi connectivity index (χ4v) is 3.40. The molecule has 0 amide bonds. The Morgan fingerprint density at radius 2 is 1.81 bits per heavy atom. The average Bonchev–Trinajstić information content (AvgIpc) is 3.23. The summed E-state index contributed by atoms with van der Waals surface area (Å²) in [6, 6.07) is 15.3. The van der Waals surface area contributed by atoms with Crippen LogP contribution >= 0.6 is 0 Å². The van der Waals surface area contributed by atoms with Gasteiger partial charge in [-0.25, -0.2) is 0 Å². The molecule has 0 saturated carbocycles. The maximum absolute atomic E-state index is 12.6. The van der Waals surface area contributed by atoms with Crippen molar-refractivity contribution < 1.29 is 9.53 Å². The molecule has 6 heteroatoms. The van der Waals surface area contributed by atoms with Crippen LogP contribution in [0.5, 0.6) is 5.75 Å². The highest BCUT2D eigenvalue weighted by molar-refractivity contribution is 6.01. The highest BCUT2D eigenvalue weighted by Crippen LogP contribution is 2.31. The number of methoxy groups -OCH3 is 1. The first-order chi connectivity index (χ1) is 13.1. The second-order valence-corrected chi connectivity index (χ2v) is 6.41. The summed E-state index contributed by atoms with van der Waals surface area (Å²) in [6.45, 7) is 1.51. The first-order valence-electron chi connectivity index (χ1n) is 8.62. The van der Waals surface area contributed by atoms with Crippen LogP contribution in [-0.4, -0.2) is 27.8 Å². The number of benzene rings is 2. The van der Waals surface area contributed by atoms with Crippen molar-refractivity contribution in [1.29, 1.82) is 0 Å². The predicted molar refractivity (Wildman–Crippen MR) is 104 cm³/mol. The summed E-state index contributed by atoms with van der Waals surface area (Å²) in [5.74, 6) is 0.687. The van der Waals surface area contributed by atoms with Crippen molar-refractivity contribution >= 4 is 16.8 Å². The Morgan fingerprint density at radius 3 is 2.52 bits per heavy atom. The van der Waals surface area contributed by atoms with E-state index in [2.05, 4.69) is 10.2 Å². The molecule has 2 aromatic carbocycles. The number of ether oxygens (including phenoxy) is 1. The van der Waals surface area contributed by atoms with E-state index < -0.39 is 0 Å². The van der Waals surface area contributed by atoms with Gasteiger partial charge in [0.1, 0.15) is 5.75 Å². The molecule has 136 valence electrons. The van der Waals surface area contributed by atoms with Crippen LogP contribution < -0.4 is 10.3 Å². The van der Waals surface area contributed by atoms with Gasteiger partial charge in [-0.1, -0.05) is 30.3 Å². The standard InChI is InChI=1S/C21H19N3O3/c1-13(25)24-12-17(16-5-3-4-6-19(16)24)20-18(22-23-21(20)26)11-14-7-9-15(27-2)10-8-14/h3-10,12H,11H2,1-2H3,(H2,22,23,26). The van der Waals surface area contributed by atoms with E-state index in [1.54, 1.807) is 17.9 Å². The van der Waals surface area contributed by atoms with Gasteiger partial charge in [-0.15, -0.1) is 0 Å². The molecule has 6 nitrogen and oxygen atoms in total. The predicted octanol–water partition coefficient (Wildman–Crippen LogP) is 3.58. The first kappa shape index (κ1) is 16.9. The van der Waals surface area contributed by atoms with Gasteiger partial charge in [-0.05, 0) is 23.8 Å². The number of carbonyl (C=O) groups excluding carboxylic acids is 1. The lowest BCUT2D eigenvalue weighted by Crippen LogP contribution is -2.04.